The Bertz CT molecular complexity index is 233. The zero-order chi connectivity index (χ0) is 12.9. The maximum atomic E-state index is 2.66. The summed E-state index contributed by atoms with van der Waals surface area (Å²) in [5.41, 5.74) is 1.75. The molecule has 0 aromatic heterocycles. The van der Waals surface area contributed by atoms with Crippen molar-refractivity contribution in [3.63, 3.8) is 0 Å². The van der Waals surface area contributed by atoms with Crippen LogP contribution in [-0.2, 0) is 0 Å². The minimum absolute atomic E-state index is 0.468. The molecule has 1 heteroatoms. The molecule has 17 heavy (non-hydrogen) atoms. The SMILES string of the molecule is CC(C)(C)CC1CC2(C1)CN(CC(C)(C)C)C2. The van der Waals surface area contributed by atoms with E-state index in [1.165, 1.54) is 38.9 Å². The molecule has 1 heterocycles. The van der Waals surface area contributed by atoms with Crippen molar-refractivity contribution >= 4 is 0 Å². The Kier molecular flexibility index (Phi) is 3.14. The Hall–Kier alpha value is -0.0400. The van der Waals surface area contributed by atoms with E-state index in [4.69, 9.17) is 0 Å². The van der Waals surface area contributed by atoms with Gasteiger partial charge in [-0.1, -0.05) is 41.5 Å². The van der Waals surface area contributed by atoms with Gasteiger partial charge in [0.15, 0.2) is 0 Å². The molecule has 0 unspecified atom stereocenters. The fourth-order valence-electron chi connectivity index (χ4n) is 4.12. The minimum atomic E-state index is 0.468. The van der Waals surface area contributed by atoms with E-state index in [0.29, 0.717) is 10.8 Å². The second kappa shape index (κ2) is 3.98. The first-order valence-electron chi connectivity index (χ1n) is 7.29. The van der Waals surface area contributed by atoms with E-state index < -0.39 is 0 Å². The van der Waals surface area contributed by atoms with Crippen molar-refractivity contribution in [2.45, 2.75) is 60.8 Å². The Morgan fingerprint density at radius 1 is 0.941 bits per heavy atom. The van der Waals surface area contributed by atoms with Crippen LogP contribution in [0.3, 0.4) is 0 Å². The van der Waals surface area contributed by atoms with Gasteiger partial charge in [-0.05, 0) is 41.4 Å². The van der Waals surface area contributed by atoms with Crippen LogP contribution in [0, 0.1) is 22.2 Å². The molecule has 1 aliphatic carbocycles. The lowest BCUT2D eigenvalue weighted by atomic mass is 9.55. The van der Waals surface area contributed by atoms with Gasteiger partial charge in [-0.15, -0.1) is 0 Å². The first-order chi connectivity index (χ1) is 7.57. The van der Waals surface area contributed by atoms with Crippen LogP contribution in [-0.4, -0.2) is 24.5 Å². The van der Waals surface area contributed by atoms with E-state index in [-0.39, 0.29) is 0 Å². The standard InChI is InChI=1S/C16H31N/c1-14(2,3)7-13-8-16(9-13)11-17(12-16)10-15(4,5)6/h13H,7-12H2,1-6H3. The van der Waals surface area contributed by atoms with Gasteiger partial charge in [-0.3, -0.25) is 0 Å². The van der Waals surface area contributed by atoms with Crippen molar-refractivity contribution in [1.29, 1.82) is 0 Å². The normalized spacial score (nSPS) is 25.8. The summed E-state index contributed by atoms with van der Waals surface area (Å²) in [7, 11) is 0. The fraction of sp³-hybridized carbons (Fsp3) is 1.00. The van der Waals surface area contributed by atoms with Crippen LogP contribution in [0.1, 0.15) is 60.8 Å². The van der Waals surface area contributed by atoms with Gasteiger partial charge in [0.25, 0.3) is 0 Å². The van der Waals surface area contributed by atoms with Gasteiger partial charge in [-0.2, -0.15) is 0 Å². The molecule has 2 aliphatic rings. The van der Waals surface area contributed by atoms with Gasteiger partial charge < -0.3 is 4.90 Å². The highest BCUT2D eigenvalue weighted by Gasteiger charge is 2.52. The largest absolute Gasteiger partial charge is 0.302 e. The molecule has 0 N–H and O–H groups in total. The van der Waals surface area contributed by atoms with Crippen molar-refractivity contribution in [3.05, 3.63) is 0 Å². The first-order valence-corrected chi connectivity index (χ1v) is 7.29. The molecule has 0 amide bonds. The maximum Gasteiger partial charge on any atom is 0.00509 e. The second-order valence-electron chi connectivity index (χ2n) is 9.24. The van der Waals surface area contributed by atoms with E-state index in [0.717, 1.165) is 11.3 Å². The molecule has 1 aliphatic heterocycles. The Labute approximate surface area is 108 Å². The highest BCUT2D eigenvalue weighted by molar-refractivity contribution is 5.05. The molecule has 2 fully saturated rings. The molecular weight excluding hydrogens is 206 g/mol. The van der Waals surface area contributed by atoms with Crippen LogP contribution < -0.4 is 0 Å². The summed E-state index contributed by atoms with van der Waals surface area (Å²) in [6, 6.07) is 0. The molecule has 0 aromatic carbocycles. The average molecular weight is 237 g/mol. The topological polar surface area (TPSA) is 3.24 Å². The van der Waals surface area contributed by atoms with Crippen molar-refractivity contribution in [1.82, 2.24) is 4.90 Å². The number of rotatable bonds is 2. The number of hydrogen-bond donors (Lipinski definition) is 0. The summed E-state index contributed by atoms with van der Waals surface area (Å²) < 4.78 is 0. The third-order valence-electron chi connectivity index (χ3n) is 4.16. The molecular formula is C16H31N. The van der Waals surface area contributed by atoms with Gasteiger partial charge in [0, 0.05) is 19.6 Å². The molecule has 1 nitrogen and oxygen atoms in total. The van der Waals surface area contributed by atoms with Crippen LogP contribution in [0.15, 0.2) is 0 Å². The highest BCUT2D eigenvalue weighted by atomic mass is 15.2. The van der Waals surface area contributed by atoms with Crippen molar-refractivity contribution in [3.8, 4) is 0 Å². The van der Waals surface area contributed by atoms with Gasteiger partial charge in [0.05, 0.1) is 0 Å². The summed E-state index contributed by atoms with van der Waals surface area (Å²) in [5, 5.41) is 0. The average Bonchev–Trinajstić information content (AvgIpc) is 1.90. The van der Waals surface area contributed by atoms with E-state index in [1.54, 1.807) is 0 Å². The van der Waals surface area contributed by atoms with Gasteiger partial charge >= 0.3 is 0 Å². The van der Waals surface area contributed by atoms with Gasteiger partial charge in [0.2, 0.25) is 0 Å². The third-order valence-corrected chi connectivity index (χ3v) is 4.16. The predicted octanol–water partition coefficient (Wildman–Crippen LogP) is 4.18. The molecule has 0 bridgehead atoms. The van der Waals surface area contributed by atoms with E-state index in [9.17, 15) is 0 Å². The lowest BCUT2D eigenvalue weighted by molar-refractivity contribution is -0.111. The lowest BCUT2D eigenvalue weighted by Gasteiger charge is -2.61. The number of nitrogens with zero attached hydrogens (tertiary/aromatic N) is 1. The first kappa shape index (κ1) is 13.4. The lowest BCUT2D eigenvalue weighted by Crippen LogP contribution is -2.63. The van der Waals surface area contributed by atoms with E-state index in [1.807, 2.05) is 0 Å². The van der Waals surface area contributed by atoms with Crippen molar-refractivity contribution in [2.75, 3.05) is 19.6 Å². The van der Waals surface area contributed by atoms with Crippen LogP contribution in [0.2, 0.25) is 0 Å². The minimum Gasteiger partial charge on any atom is -0.302 e. The van der Waals surface area contributed by atoms with Gasteiger partial charge in [-0.25, -0.2) is 0 Å². The molecule has 1 saturated carbocycles. The summed E-state index contributed by atoms with van der Waals surface area (Å²) in [4.78, 5) is 2.66. The number of hydrogen-bond acceptors (Lipinski definition) is 1. The molecule has 1 spiro atoms. The van der Waals surface area contributed by atoms with Crippen molar-refractivity contribution in [2.24, 2.45) is 22.2 Å². The smallest absolute Gasteiger partial charge is 0.00509 e. The predicted molar refractivity (Wildman–Crippen MR) is 75.1 cm³/mol. The Morgan fingerprint density at radius 2 is 1.47 bits per heavy atom. The fourth-order valence-corrected chi connectivity index (χ4v) is 4.12. The molecule has 0 aromatic rings. The van der Waals surface area contributed by atoms with Crippen LogP contribution >= 0.6 is 0 Å². The quantitative estimate of drug-likeness (QED) is 0.696. The molecule has 100 valence electrons. The zero-order valence-electron chi connectivity index (χ0n) is 12.8. The van der Waals surface area contributed by atoms with Crippen LogP contribution in [0.25, 0.3) is 0 Å². The van der Waals surface area contributed by atoms with E-state index >= 15 is 0 Å². The summed E-state index contributed by atoms with van der Waals surface area (Å²) in [5.74, 6) is 1.02. The Balaban J connectivity index is 1.69. The van der Waals surface area contributed by atoms with Crippen LogP contribution in [0.5, 0.6) is 0 Å². The maximum absolute atomic E-state index is 2.66. The second-order valence-corrected chi connectivity index (χ2v) is 9.24. The van der Waals surface area contributed by atoms with Crippen molar-refractivity contribution < 1.29 is 0 Å². The zero-order valence-corrected chi connectivity index (χ0v) is 12.8. The summed E-state index contributed by atoms with van der Waals surface area (Å²) in [6.07, 6.45) is 4.43. The highest BCUT2D eigenvalue weighted by Crippen LogP contribution is 2.55. The van der Waals surface area contributed by atoms with E-state index in [2.05, 4.69) is 46.4 Å². The number of likely N-dealkylation sites (tertiary alicyclic amines) is 1. The molecule has 0 atom stereocenters. The summed E-state index contributed by atoms with van der Waals surface area (Å²) in [6.45, 7) is 18.2. The molecule has 2 rings (SSSR count). The summed E-state index contributed by atoms with van der Waals surface area (Å²) >= 11 is 0. The molecule has 0 radical (unpaired) electrons. The Morgan fingerprint density at radius 3 is 1.88 bits per heavy atom. The van der Waals surface area contributed by atoms with Crippen LogP contribution in [0.4, 0.5) is 0 Å². The third kappa shape index (κ3) is 3.47. The molecule has 1 saturated heterocycles. The van der Waals surface area contributed by atoms with Gasteiger partial charge in [0.1, 0.15) is 0 Å². The monoisotopic (exact) mass is 237 g/mol.